The Morgan fingerprint density at radius 2 is 1.94 bits per heavy atom. The molecule has 3 heteroatoms. The van der Waals surface area contributed by atoms with Crippen LogP contribution < -0.4 is 5.32 Å². The highest BCUT2D eigenvalue weighted by Crippen LogP contribution is 2.26. The number of hydrogen-bond donors (Lipinski definition) is 1. The van der Waals surface area contributed by atoms with E-state index in [0.29, 0.717) is 12.6 Å². The lowest BCUT2D eigenvalue weighted by atomic mass is 9.84. The summed E-state index contributed by atoms with van der Waals surface area (Å²) < 4.78 is 5.00. The van der Waals surface area contributed by atoms with Crippen molar-refractivity contribution in [3.8, 4) is 0 Å². The minimum absolute atomic E-state index is 0.0288. The first kappa shape index (κ1) is 14.5. The summed E-state index contributed by atoms with van der Waals surface area (Å²) >= 11 is 0. The van der Waals surface area contributed by atoms with E-state index in [1.807, 2.05) is 13.8 Å². The Kier molecular flexibility index (Phi) is 6.56. The average molecular weight is 241 g/mol. The number of carbonyl (C=O) groups excluding carboxylic acids is 1. The van der Waals surface area contributed by atoms with Gasteiger partial charge in [0.2, 0.25) is 0 Å². The van der Waals surface area contributed by atoms with E-state index in [4.69, 9.17) is 4.74 Å². The third-order valence-electron chi connectivity index (χ3n) is 3.83. The fraction of sp³-hybridized carbons (Fsp3) is 0.929. The van der Waals surface area contributed by atoms with Gasteiger partial charge in [-0.25, -0.2) is 0 Å². The van der Waals surface area contributed by atoms with Gasteiger partial charge in [0.1, 0.15) is 0 Å². The first-order valence-electron chi connectivity index (χ1n) is 7.07. The van der Waals surface area contributed by atoms with Crippen LogP contribution in [0.3, 0.4) is 0 Å². The molecule has 100 valence electrons. The molecule has 1 N–H and O–H groups in total. The molecule has 1 aliphatic rings. The first-order valence-corrected chi connectivity index (χ1v) is 7.07. The van der Waals surface area contributed by atoms with Crippen LogP contribution >= 0.6 is 0 Å². The van der Waals surface area contributed by atoms with Crippen LogP contribution in [0.4, 0.5) is 0 Å². The van der Waals surface area contributed by atoms with Crippen molar-refractivity contribution in [2.45, 2.75) is 58.9 Å². The Hall–Kier alpha value is -0.570. The minimum Gasteiger partial charge on any atom is -0.466 e. The molecule has 0 amide bonds. The molecule has 1 aliphatic carbocycles. The molecule has 0 aromatic carbocycles. The Morgan fingerprint density at radius 1 is 1.29 bits per heavy atom. The molecule has 0 saturated heterocycles. The molecule has 0 radical (unpaired) electrons. The summed E-state index contributed by atoms with van der Waals surface area (Å²) in [6.45, 7) is 7.29. The number of esters is 1. The molecular formula is C14H27NO2. The zero-order valence-corrected chi connectivity index (χ0v) is 11.5. The van der Waals surface area contributed by atoms with Crippen molar-refractivity contribution in [3.63, 3.8) is 0 Å². The van der Waals surface area contributed by atoms with Crippen molar-refractivity contribution in [2.24, 2.45) is 11.8 Å². The van der Waals surface area contributed by atoms with Crippen molar-refractivity contribution in [2.75, 3.05) is 13.2 Å². The van der Waals surface area contributed by atoms with Crippen LogP contribution in [0.15, 0.2) is 0 Å². The highest BCUT2D eigenvalue weighted by molar-refractivity contribution is 5.72. The number of hydrogen-bond acceptors (Lipinski definition) is 3. The van der Waals surface area contributed by atoms with E-state index in [1.165, 1.54) is 32.1 Å². The van der Waals surface area contributed by atoms with Gasteiger partial charge < -0.3 is 10.1 Å². The summed E-state index contributed by atoms with van der Waals surface area (Å²) in [7, 11) is 0. The topological polar surface area (TPSA) is 38.3 Å². The van der Waals surface area contributed by atoms with E-state index < -0.39 is 0 Å². The summed E-state index contributed by atoms with van der Waals surface area (Å²) in [6.07, 6.45) is 6.50. The summed E-state index contributed by atoms with van der Waals surface area (Å²) in [5, 5.41) is 3.50. The molecule has 1 saturated carbocycles. The Morgan fingerprint density at radius 3 is 2.47 bits per heavy atom. The number of carbonyl (C=O) groups is 1. The zero-order chi connectivity index (χ0) is 12.7. The van der Waals surface area contributed by atoms with Crippen molar-refractivity contribution in [3.05, 3.63) is 0 Å². The van der Waals surface area contributed by atoms with Gasteiger partial charge in [-0.05, 0) is 38.5 Å². The lowest BCUT2D eigenvalue weighted by Gasteiger charge is -2.29. The molecule has 0 heterocycles. The molecule has 1 atom stereocenters. The van der Waals surface area contributed by atoms with Crippen molar-refractivity contribution >= 4 is 5.97 Å². The molecule has 0 spiro atoms. The molecule has 0 aromatic rings. The maximum absolute atomic E-state index is 11.5. The third kappa shape index (κ3) is 5.07. The third-order valence-corrected chi connectivity index (χ3v) is 3.83. The molecule has 1 unspecified atom stereocenters. The predicted octanol–water partition coefficient (Wildman–Crippen LogP) is 2.74. The molecule has 17 heavy (non-hydrogen) atoms. The Bertz CT molecular complexity index is 222. The van der Waals surface area contributed by atoms with Crippen LogP contribution in [0.25, 0.3) is 0 Å². The van der Waals surface area contributed by atoms with E-state index in [2.05, 4.69) is 12.2 Å². The van der Waals surface area contributed by atoms with Crippen molar-refractivity contribution in [1.82, 2.24) is 5.32 Å². The van der Waals surface area contributed by atoms with Gasteiger partial charge in [0.25, 0.3) is 0 Å². The lowest BCUT2D eigenvalue weighted by Crippen LogP contribution is -2.37. The predicted molar refractivity (Wildman–Crippen MR) is 69.8 cm³/mol. The second-order valence-electron chi connectivity index (χ2n) is 5.19. The first-order chi connectivity index (χ1) is 8.17. The maximum Gasteiger partial charge on any atom is 0.309 e. The second-order valence-corrected chi connectivity index (χ2v) is 5.19. The van der Waals surface area contributed by atoms with Crippen LogP contribution in [0.1, 0.15) is 52.9 Å². The number of rotatable bonds is 6. The molecular weight excluding hydrogens is 214 g/mol. The van der Waals surface area contributed by atoms with Gasteiger partial charge in [-0.1, -0.05) is 20.3 Å². The van der Waals surface area contributed by atoms with Crippen LogP contribution in [-0.2, 0) is 9.53 Å². The molecule has 3 nitrogen and oxygen atoms in total. The van der Waals surface area contributed by atoms with Gasteiger partial charge in [0.05, 0.1) is 12.5 Å². The normalized spacial score (nSPS) is 26.5. The van der Waals surface area contributed by atoms with E-state index in [1.54, 1.807) is 0 Å². The van der Waals surface area contributed by atoms with E-state index >= 15 is 0 Å². The van der Waals surface area contributed by atoms with Gasteiger partial charge in [-0.2, -0.15) is 0 Å². The highest BCUT2D eigenvalue weighted by atomic mass is 16.5. The van der Waals surface area contributed by atoms with Gasteiger partial charge in [0.15, 0.2) is 0 Å². The molecule has 1 fully saturated rings. The maximum atomic E-state index is 11.5. The van der Waals surface area contributed by atoms with Crippen LogP contribution in [-0.4, -0.2) is 25.2 Å². The minimum atomic E-state index is -0.0813. The zero-order valence-electron chi connectivity index (χ0n) is 11.5. The lowest BCUT2D eigenvalue weighted by molar-refractivity contribution is -0.147. The van der Waals surface area contributed by atoms with Crippen molar-refractivity contribution in [1.29, 1.82) is 0 Å². The standard InChI is InChI=1S/C14H27NO2/c1-4-12-6-8-13(9-7-12)15-10-11(3)14(16)17-5-2/h11-13,15H,4-10H2,1-3H3. The van der Waals surface area contributed by atoms with Gasteiger partial charge in [-0.15, -0.1) is 0 Å². The van der Waals surface area contributed by atoms with Crippen molar-refractivity contribution < 1.29 is 9.53 Å². The highest BCUT2D eigenvalue weighted by Gasteiger charge is 2.21. The fourth-order valence-corrected chi connectivity index (χ4v) is 2.49. The number of nitrogens with one attached hydrogen (secondary N) is 1. The number of ether oxygens (including phenoxy) is 1. The Labute approximate surface area is 105 Å². The second kappa shape index (κ2) is 7.70. The van der Waals surface area contributed by atoms with Crippen LogP contribution in [0.2, 0.25) is 0 Å². The summed E-state index contributed by atoms with van der Waals surface area (Å²) in [5.74, 6) is 0.816. The average Bonchev–Trinajstić information content (AvgIpc) is 2.36. The van der Waals surface area contributed by atoms with E-state index in [-0.39, 0.29) is 11.9 Å². The molecule has 1 rings (SSSR count). The Balaban J connectivity index is 2.16. The van der Waals surface area contributed by atoms with Gasteiger partial charge >= 0.3 is 5.97 Å². The molecule has 0 aliphatic heterocycles. The van der Waals surface area contributed by atoms with Crippen LogP contribution in [0.5, 0.6) is 0 Å². The van der Waals surface area contributed by atoms with Gasteiger partial charge in [-0.3, -0.25) is 4.79 Å². The smallest absolute Gasteiger partial charge is 0.309 e. The quantitative estimate of drug-likeness (QED) is 0.727. The monoisotopic (exact) mass is 241 g/mol. The summed E-state index contributed by atoms with van der Waals surface area (Å²) in [5.41, 5.74) is 0. The molecule has 0 aromatic heterocycles. The molecule has 0 bridgehead atoms. The summed E-state index contributed by atoms with van der Waals surface area (Å²) in [4.78, 5) is 11.5. The van der Waals surface area contributed by atoms with Gasteiger partial charge in [0, 0.05) is 12.6 Å². The largest absolute Gasteiger partial charge is 0.466 e. The van der Waals surface area contributed by atoms with Crippen LogP contribution in [0, 0.1) is 11.8 Å². The SMILES string of the molecule is CCOC(=O)C(C)CNC1CCC(CC)CC1. The summed E-state index contributed by atoms with van der Waals surface area (Å²) in [6, 6.07) is 0.606. The van der Waals surface area contributed by atoms with E-state index in [9.17, 15) is 4.79 Å². The fourth-order valence-electron chi connectivity index (χ4n) is 2.49. The van der Waals surface area contributed by atoms with E-state index in [0.717, 1.165) is 12.5 Å².